The van der Waals surface area contributed by atoms with E-state index < -0.39 is 0 Å². The largest absolute Gasteiger partial charge is 0.326 e. The number of hydrogen-bond donors (Lipinski definition) is 2. The first kappa shape index (κ1) is 12.4. The van der Waals surface area contributed by atoms with Gasteiger partial charge in [-0.15, -0.1) is 0 Å². The lowest BCUT2D eigenvalue weighted by atomic mass is 10.1. The van der Waals surface area contributed by atoms with Gasteiger partial charge in [-0.1, -0.05) is 0 Å². The van der Waals surface area contributed by atoms with Crippen LogP contribution < -0.4 is 5.32 Å². The quantitative estimate of drug-likeness (QED) is 0.793. The van der Waals surface area contributed by atoms with Gasteiger partial charge in [-0.25, -0.2) is 4.39 Å². The molecule has 0 radical (unpaired) electrons. The van der Waals surface area contributed by atoms with Crippen molar-refractivity contribution < 1.29 is 9.18 Å². The first-order chi connectivity index (χ1) is 8.04. The maximum atomic E-state index is 13.0. The Balaban J connectivity index is 1.96. The van der Waals surface area contributed by atoms with Crippen molar-refractivity contribution in [3.8, 4) is 0 Å². The van der Waals surface area contributed by atoms with E-state index in [0.29, 0.717) is 17.7 Å². The fourth-order valence-electron chi connectivity index (χ4n) is 1.84. The second-order valence-electron chi connectivity index (χ2n) is 4.85. The van der Waals surface area contributed by atoms with Crippen molar-refractivity contribution >= 4 is 24.2 Å². The van der Waals surface area contributed by atoms with Gasteiger partial charge in [-0.05, 0) is 54.7 Å². The van der Waals surface area contributed by atoms with Gasteiger partial charge in [-0.2, -0.15) is 12.6 Å². The molecule has 1 aliphatic carbocycles. The van der Waals surface area contributed by atoms with Crippen LogP contribution in [0.1, 0.15) is 24.8 Å². The fraction of sp³-hybridized carbons (Fsp3) is 0.462. The van der Waals surface area contributed by atoms with E-state index in [1.165, 1.54) is 6.07 Å². The van der Waals surface area contributed by atoms with Gasteiger partial charge in [0.25, 0.3) is 0 Å². The Kier molecular flexibility index (Phi) is 3.43. The molecule has 0 bridgehead atoms. The monoisotopic (exact) mass is 253 g/mol. The maximum absolute atomic E-state index is 13.0. The van der Waals surface area contributed by atoms with E-state index in [1.807, 2.05) is 0 Å². The number of rotatable bonds is 4. The molecule has 0 aromatic heterocycles. The van der Waals surface area contributed by atoms with Crippen molar-refractivity contribution in [1.29, 1.82) is 0 Å². The van der Waals surface area contributed by atoms with E-state index in [4.69, 9.17) is 0 Å². The molecule has 0 aliphatic heterocycles. The van der Waals surface area contributed by atoms with Crippen molar-refractivity contribution in [3.05, 3.63) is 29.6 Å². The number of aryl methyl sites for hydroxylation is 1. The van der Waals surface area contributed by atoms with Crippen LogP contribution in [0.5, 0.6) is 0 Å². The molecule has 2 rings (SSSR count). The third kappa shape index (κ3) is 3.00. The van der Waals surface area contributed by atoms with Crippen LogP contribution in [0.15, 0.2) is 18.2 Å². The van der Waals surface area contributed by atoms with Gasteiger partial charge in [0, 0.05) is 12.1 Å². The molecule has 1 aromatic rings. The average molecular weight is 253 g/mol. The van der Waals surface area contributed by atoms with Gasteiger partial charge in [0.1, 0.15) is 5.82 Å². The van der Waals surface area contributed by atoms with Crippen LogP contribution in [0.4, 0.5) is 10.1 Å². The van der Waals surface area contributed by atoms with Gasteiger partial charge >= 0.3 is 0 Å². The summed E-state index contributed by atoms with van der Waals surface area (Å²) in [5.41, 5.74) is 1.31. The molecule has 1 aromatic carbocycles. The smallest absolute Gasteiger partial charge is 0.224 e. The average Bonchev–Trinajstić information content (AvgIpc) is 3.04. The Morgan fingerprint density at radius 1 is 1.53 bits per heavy atom. The minimum absolute atomic E-state index is 0.0115. The van der Waals surface area contributed by atoms with Crippen molar-refractivity contribution in [2.45, 2.75) is 26.2 Å². The van der Waals surface area contributed by atoms with Crippen LogP contribution in [0.3, 0.4) is 0 Å². The fourth-order valence-corrected chi connectivity index (χ4v) is 2.26. The summed E-state index contributed by atoms with van der Waals surface area (Å²) in [6, 6.07) is 4.60. The number of anilines is 1. The Bertz CT molecular complexity index is 443. The summed E-state index contributed by atoms with van der Waals surface area (Å²) >= 11 is 4.26. The predicted molar refractivity (Wildman–Crippen MR) is 69.9 cm³/mol. The summed E-state index contributed by atoms with van der Waals surface area (Å²) in [6.07, 6.45) is 2.66. The summed E-state index contributed by atoms with van der Waals surface area (Å²) < 4.78 is 13.0. The van der Waals surface area contributed by atoms with Crippen LogP contribution in [0.2, 0.25) is 0 Å². The van der Waals surface area contributed by atoms with Crippen LogP contribution in [0.25, 0.3) is 0 Å². The number of halogens is 1. The molecule has 4 heteroatoms. The van der Waals surface area contributed by atoms with Gasteiger partial charge in [0.05, 0.1) is 0 Å². The molecule has 2 nitrogen and oxygen atoms in total. The number of benzene rings is 1. The highest BCUT2D eigenvalue weighted by Gasteiger charge is 2.42. The van der Waals surface area contributed by atoms with E-state index >= 15 is 0 Å². The second-order valence-corrected chi connectivity index (χ2v) is 5.16. The van der Waals surface area contributed by atoms with E-state index in [1.54, 1.807) is 19.1 Å². The van der Waals surface area contributed by atoms with Crippen molar-refractivity contribution in [2.24, 2.45) is 5.41 Å². The third-order valence-electron chi connectivity index (χ3n) is 3.27. The number of amides is 1. The van der Waals surface area contributed by atoms with Crippen LogP contribution in [0, 0.1) is 18.2 Å². The third-order valence-corrected chi connectivity index (χ3v) is 3.94. The number of hydrogen-bond acceptors (Lipinski definition) is 2. The second kappa shape index (κ2) is 4.69. The SMILES string of the molecule is Cc1cc(NC(=O)CC2(CS)CC2)ccc1F. The molecular formula is C13H16FNOS. The first-order valence-corrected chi connectivity index (χ1v) is 6.35. The van der Waals surface area contributed by atoms with Gasteiger partial charge in [0.15, 0.2) is 0 Å². The molecule has 0 unspecified atom stereocenters. The molecule has 1 fully saturated rings. The van der Waals surface area contributed by atoms with E-state index in [0.717, 1.165) is 18.6 Å². The molecule has 1 amide bonds. The topological polar surface area (TPSA) is 29.1 Å². The molecule has 0 saturated heterocycles. The zero-order valence-electron chi connectivity index (χ0n) is 9.79. The molecule has 92 valence electrons. The van der Waals surface area contributed by atoms with E-state index in [-0.39, 0.29) is 17.1 Å². The zero-order chi connectivity index (χ0) is 12.5. The predicted octanol–water partition coefficient (Wildman–Crippen LogP) is 3.17. The number of carbonyl (C=O) groups excluding carboxylic acids is 1. The highest BCUT2D eigenvalue weighted by Crippen LogP contribution is 2.49. The van der Waals surface area contributed by atoms with Crippen molar-refractivity contribution in [3.63, 3.8) is 0 Å². The summed E-state index contributed by atoms with van der Waals surface area (Å²) in [4.78, 5) is 11.8. The Morgan fingerprint density at radius 3 is 2.76 bits per heavy atom. The standard InChI is InChI=1S/C13H16FNOS/c1-9-6-10(2-3-11(9)14)15-12(16)7-13(8-17)4-5-13/h2-3,6,17H,4-5,7-8H2,1H3,(H,15,16). The molecule has 1 N–H and O–H groups in total. The zero-order valence-corrected chi connectivity index (χ0v) is 10.7. The molecular weight excluding hydrogens is 237 g/mol. The Labute approximate surface area is 106 Å². The lowest BCUT2D eigenvalue weighted by molar-refractivity contribution is -0.117. The maximum Gasteiger partial charge on any atom is 0.224 e. The molecule has 17 heavy (non-hydrogen) atoms. The lowest BCUT2D eigenvalue weighted by Crippen LogP contribution is -2.18. The number of thiol groups is 1. The van der Waals surface area contributed by atoms with Gasteiger partial charge in [-0.3, -0.25) is 4.79 Å². The summed E-state index contributed by atoms with van der Waals surface area (Å²) in [5.74, 6) is 0.489. The molecule has 1 saturated carbocycles. The highest BCUT2D eigenvalue weighted by molar-refractivity contribution is 7.80. The first-order valence-electron chi connectivity index (χ1n) is 5.72. The summed E-state index contributed by atoms with van der Waals surface area (Å²) in [7, 11) is 0. The molecule has 1 aliphatic rings. The normalized spacial score (nSPS) is 16.6. The molecule has 0 atom stereocenters. The highest BCUT2D eigenvalue weighted by atomic mass is 32.1. The summed E-state index contributed by atoms with van der Waals surface area (Å²) in [5, 5.41) is 2.80. The van der Waals surface area contributed by atoms with Crippen LogP contribution >= 0.6 is 12.6 Å². The lowest BCUT2D eigenvalue weighted by Gasteiger charge is -2.12. The molecule has 0 heterocycles. The van der Waals surface area contributed by atoms with Crippen molar-refractivity contribution in [1.82, 2.24) is 0 Å². The number of nitrogens with one attached hydrogen (secondary N) is 1. The van der Waals surface area contributed by atoms with Crippen LogP contribution in [-0.2, 0) is 4.79 Å². The minimum Gasteiger partial charge on any atom is -0.326 e. The van der Waals surface area contributed by atoms with Gasteiger partial charge in [0.2, 0.25) is 5.91 Å². The van der Waals surface area contributed by atoms with E-state index in [2.05, 4.69) is 17.9 Å². The van der Waals surface area contributed by atoms with Gasteiger partial charge < -0.3 is 5.32 Å². The molecule has 0 spiro atoms. The van der Waals surface area contributed by atoms with Crippen molar-refractivity contribution in [2.75, 3.05) is 11.1 Å². The summed E-state index contributed by atoms with van der Waals surface area (Å²) in [6.45, 7) is 1.68. The number of carbonyl (C=O) groups is 1. The minimum atomic E-state index is -0.253. The van der Waals surface area contributed by atoms with Crippen LogP contribution in [-0.4, -0.2) is 11.7 Å². The Morgan fingerprint density at radius 2 is 2.24 bits per heavy atom. The Hall–Kier alpha value is -1.03. The van der Waals surface area contributed by atoms with E-state index in [9.17, 15) is 9.18 Å².